The lowest BCUT2D eigenvalue weighted by atomic mass is 10.2. The lowest BCUT2D eigenvalue weighted by Crippen LogP contribution is -2.25. The maximum absolute atomic E-state index is 8.97. The summed E-state index contributed by atoms with van der Waals surface area (Å²) in [6.45, 7) is 2.41. The lowest BCUT2D eigenvalue weighted by Gasteiger charge is -1.91. The number of aromatic amines is 1. The average Bonchev–Trinajstić information content (AvgIpc) is 2.76. The van der Waals surface area contributed by atoms with Crippen LogP contribution in [0.1, 0.15) is 6.92 Å². The van der Waals surface area contributed by atoms with Gasteiger partial charge in [0.05, 0.1) is 18.2 Å². The van der Waals surface area contributed by atoms with E-state index < -0.39 is 0 Å². The van der Waals surface area contributed by atoms with Crippen molar-refractivity contribution in [3.05, 3.63) is 34.8 Å². The van der Waals surface area contributed by atoms with E-state index >= 15 is 0 Å². The van der Waals surface area contributed by atoms with Crippen molar-refractivity contribution < 1.29 is 4.74 Å². The standard InChI is InChI=1S/C14H11N3O/c1-2-18-9-12-11-5-3-4-6-13(11)17-14(12)10(7-15)8-16/h3-6,9,17H,2H2,1H3/b12-9-. The van der Waals surface area contributed by atoms with Crippen LogP contribution in [0.25, 0.3) is 22.7 Å². The Labute approximate surface area is 104 Å². The predicted octanol–water partition coefficient (Wildman–Crippen LogP) is 1.14. The number of ether oxygens (including phenoxy) is 1. The predicted molar refractivity (Wildman–Crippen MR) is 68.3 cm³/mol. The van der Waals surface area contributed by atoms with Crippen molar-refractivity contribution in [2.75, 3.05) is 6.61 Å². The molecular weight excluding hydrogens is 226 g/mol. The van der Waals surface area contributed by atoms with Crippen LogP contribution in [-0.4, -0.2) is 11.6 Å². The smallest absolute Gasteiger partial charge is 0.153 e. The van der Waals surface area contributed by atoms with Gasteiger partial charge in [-0.05, 0) is 13.0 Å². The average molecular weight is 237 g/mol. The van der Waals surface area contributed by atoms with Gasteiger partial charge in [-0.2, -0.15) is 10.5 Å². The zero-order valence-corrected chi connectivity index (χ0v) is 9.90. The molecule has 0 bridgehead atoms. The van der Waals surface area contributed by atoms with Gasteiger partial charge < -0.3 is 9.72 Å². The molecule has 0 saturated carbocycles. The van der Waals surface area contributed by atoms with Crippen LogP contribution in [0.2, 0.25) is 0 Å². The number of para-hydroxylation sites is 1. The SMILES string of the molecule is CCO/C=c1\c(=C(C#N)C#N)[nH]c2ccccc12. The molecule has 0 fully saturated rings. The van der Waals surface area contributed by atoms with Crippen LogP contribution in [-0.2, 0) is 4.74 Å². The van der Waals surface area contributed by atoms with Crippen LogP contribution >= 0.6 is 0 Å². The number of rotatable bonds is 2. The fourth-order valence-corrected chi connectivity index (χ4v) is 1.79. The van der Waals surface area contributed by atoms with Crippen molar-refractivity contribution in [3.63, 3.8) is 0 Å². The molecule has 2 aromatic rings. The highest BCUT2D eigenvalue weighted by Crippen LogP contribution is 2.04. The van der Waals surface area contributed by atoms with Gasteiger partial charge in [0.1, 0.15) is 12.1 Å². The summed E-state index contributed by atoms with van der Waals surface area (Å²) in [5, 5.41) is 20.1. The molecule has 0 radical (unpaired) electrons. The third kappa shape index (κ3) is 1.92. The molecule has 2 rings (SSSR count). The third-order valence-corrected chi connectivity index (χ3v) is 2.59. The van der Waals surface area contributed by atoms with Gasteiger partial charge in [-0.1, -0.05) is 18.2 Å². The Morgan fingerprint density at radius 2 is 2.06 bits per heavy atom. The van der Waals surface area contributed by atoms with Gasteiger partial charge in [0.2, 0.25) is 0 Å². The van der Waals surface area contributed by atoms with Gasteiger partial charge in [0.15, 0.2) is 5.57 Å². The number of H-pyrrole nitrogens is 1. The second-order valence-electron chi connectivity index (χ2n) is 3.63. The molecule has 88 valence electrons. The van der Waals surface area contributed by atoms with E-state index in [1.807, 2.05) is 43.3 Å². The number of nitrogens with zero attached hydrogens (tertiary/aromatic N) is 2. The molecule has 0 aliphatic carbocycles. The molecular formula is C14H11N3O. The maximum atomic E-state index is 8.97. The summed E-state index contributed by atoms with van der Waals surface area (Å²) in [7, 11) is 0. The number of nitriles is 2. The third-order valence-electron chi connectivity index (χ3n) is 2.59. The molecule has 4 nitrogen and oxygen atoms in total. The Morgan fingerprint density at radius 3 is 2.72 bits per heavy atom. The van der Waals surface area contributed by atoms with Gasteiger partial charge in [-0.15, -0.1) is 0 Å². The van der Waals surface area contributed by atoms with Crippen molar-refractivity contribution in [1.29, 1.82) is 10.5 Å². The van der Waals surface area contributed by atoms with E-state index in [1.165, 1.54) is 0 Å². The molecule has 1 heterocycles. The first-order valence-corrected chi connectivity index (χ1v) is 5.54. The minimum atomic E-state index is 0.0529. The topological polar surface area (TPSA) is 72.6 Å². The lowest BCUT2D eigenvalue weighted by molar-refractivity contribution is 0.316. The number of hydrogen-bond acceptors (Lipinski definition) is 3. The van der Waals surface area contributed by atoms with Crippen LogP contribution in [0.4, 0.5) is 0 Å². The number of nitrogens with one attached hydrogen (secondary N) is 1. The van der Waals surface area contributed by atoms with Crippen molar-refractivity contribution >= 4 is 22.7 Å². The normalized spacial score (nSPS) is 10.9. The Kier molecular flexibility index (Phi) is 3.31. The minimum Gasteiger partial charge on any atom is -0.501 e. The first-order valence-electron chi connectivity index (χ1n) is 5.54. The highest BCUT2D eigenvalue weighted by molar-refractivity contribution is 5.83. The van der Waals surface area contributed by atoms with E-state index in [0.717, 1.165) is 16.1 Å². The Morgan fingerprint density at radius 1 is 1.33 bits per heavy atom. The summed E-state index contributed by atoms with van der Waals surface area (Å²) in [4.78, 5) is 3.08. The molecule has 0 unspecified atom stereocenters. The summed E-state index contributed by atoms with van der Waals surface area (Å²) in [6.07, 6.45) is 1.59. The van der Waals surface area contributed by atoms with Crippen molar-refractivity contribution in [3.8, 4) is 12.1 Å². The van der Waals surface area contributed by atoms with Crippen LogP contribution < -0.4 is 10.6 Å². The fraction of sp³-hybridized carbons (Fsp3) is 0.143. The maximum Gasteiger partial charge on any atom is 0.153 e. The van der Waals surface area contributed by atoms with E-state index in [-0.39, 0.29) is 5.57 Å². The zero-order chi connectivity index (χ0) is 13.0. The van der Waals surface area contributed by atoms with Gasteiger partial charge in [0, 0.05) is 16.1 Å². The second-order valence-corrected chi connectivity index (χ2v) is 3.63. The molecule has 0 spiro atoms. The summed E-state index contributed by atoms with van der Waals surface area (Å²) >= 11 is 0. The quantitative estimate of drug-likeness (QED) is 0.851. The number of fused-ring (bicyclic) bond motifs is 1. The molecule has 0 aliphatic rings. The molecule has 0 aliphatic heterocycles. The summed E-state index contributed by atoms with van der Waals surface area (Å²) in [5.41, 5.74) is 0.929. The van der Waals surface area contributed by atoms with E-state index in [9.17, 15) is 0 Å². The van der Waals surface area contributed by atoms with E-state index in [0.29, 0.717) is 12.0 Å². The van der Waals surface area contributed by atoms with Crippen LogP contribution in [0.5, 0.6) is 0 Å². The molecule has 1 aromatic heterocycles. The summed E-state index contributed by atoms with van der Waals surface area (Å²) in [6, 6.07) is 11.4. The molecule has 1 N–H and O–H groups in total. The van der Waals surface area contributed by atoms with E-state index in [1.54, 1.807) is 6.26 Å². The molecule has 4 heteroatoms. The van der Waals surface area contributed by atoms with Crippen LogP contribution in [0.15, 0.2) is 24.3 Å². The highest BCUT2D eigenvalue weighted by Gasteiger charge is 2.04. The van der Waals surface area contributed by atoms with Gasteiger partial charge in [-0.25, -0.2) is 0 Å². The first-order chi connectivity index (χ1) is 8.81. The Hall–Kier alpha value is -2.72. The van der Waals surface area contributed by atoms with Crippen molar-refractivity contribution in [1.82, 2.24) is 4.98 Å². The van der Waals surface area contributed by atoms with Crippen LogP contribution in [0, 0.1) is 22.7 Å². The van der Waals surface area contributed by atoms with Gasteiger partial charge in [0.25, 0.3) is 0 Å². The van der Waals surface area contributed by atoms with Gasteiger partial charge >= 0.3 is 0 Å². The summed E-state index contributed by atoms with van der Waals surface area (Å²) < 4.78 is 5.29. The molecule has 18 heavy (non-hydrogen) atoms. The largest absolute Gasteiger partial charge is 0.501 e. The summed E-state index contributed by atoms with van der Waals surface area (Å²) in [5.74, 6) is 0. The monoisotopic (exact) mass is 237 g/mol. The second kappa shape index (κ2) is 5.07. The Bertz CT molecular complexity index is 756. The number of benzene rings is 1. The number of aromatic nitrogens is 1. The minimum absolute atomic E-state index is 0.0529. The molecule has 1 aromatic carbocycles. The zero-order valence-electron chi connectivity index (χ0n) is 9.90. The first kappa shape index (κ1) is 11.8. The van der Waals surface area contributed by atoms with Crippen molar-refractivity contribution in [2.24, 2.45) is 0 Å². The number of hydrogen-bond donors (Lipinski definition) is 1. The van der Waals surface area contributed by atoms with E-state index in [4.69, 9.17) is 15.3 Å². The molecule has 0 amide bonds. The van der Waals surface area contributed by atoms with Gasteiger partial charge in [-0.3, -0.25) is 0 Å². The Balaban J connectivity index is 2.96. The highest BCUT2D eigenvalue weighted by atomic mass is 16.5. The fourth-order valence-electron chi connectivity index (χ4n) is 1.79. The molecule has 0 saturated heterocycles. The van der Waals surface area contributed by atoms with Crippen molar-refractivity contribution in [2.45, 2.75) is 6.92 Å². The van der Waals surface area contributed by atoms with E-state index in [2.05, 4.69) is 4.98 Å². The van der Waals surface area contributed by atoms with Crippen LogP contribution in [0.3, 0.4) is 0 Å². The molecule has 0 atom stereocenters.